The number of rotatable bonds is 90. The Morgan fingerprint density at radius 2 is 0.436 bits per heavy atom. The number of hydrogen-bond donors (Lipinski definition) is 3. The second kappa shape index (κ2) is 82.2. The molecule has 0 heterocycles. The fraction of sp³-hybridized carbons (Fsp3) is 0.956. The topological polar surface area (TPSA) is 237 Å². The van der Waals surface area contributed by atoms with E-state index in [-0.39, 0.29) is 25.7 Å². The second-order valence-electron chi connectivity index (χ2n) is 33.2. The van der Waals surface area contributed by atoms with Gasteiger partial charge in [0.25, 0.3) is 0 Å². The summed E-state index contributed by atoms with van der Waals surface area (Å²) in [5.74, 6) is -0.522. The third-order valence-corrected chi connectivity index (χ3v) is 24.1. The molecule has 17 nitrogen and oxygen atoms in total. The number of phosphoric ester groups is 2. The van der Waals surface area contributed by atoms with E-state index in [1.807, 2.05) is 0 Å². The van der Waals surface area contributed by atoms with E-state index >= 15 is 0 Å². The van der Waals surface area contributed by atoms with Crippen molar-refractivity contribution in [2.75, 3.05) is 39.6 Å². The average molecular weight is 1610 g/mol. The van der Waals surface area contributed by atoms with E-state index in [0.717, 1.165) is 108 Å². The van der Waals surface area contributed by atoms with Crippen molar-refractivity contribution in [2.45, 2.75) is 509 Å². The van der Waals surface area contributed by atoms with Crippen LogP contribution in [0.5, 0.6) is 0 Å². The molecule has 0 radical (unpaired) electrons. The van der Waals surface area contributed by atoms with E-state index < -0.39 is 97.5 Å². The van der Waals surface area contributed by atoms with Crippen molar-refractivity contribution >= 4 is 39.5 Å². The van der Waals surface area contributed by atoms with Gasteiger partial charge in [-0.2, -0.15) is 0 Å². The Hall–Kier alpha value is -1.94. The number of unbranched alkanes of at least 4 members (excludes halogenated alkanes) is 58. The van der Waals surface area contributed by atoms with Gasteiger partial charge < -0.3 is 33.8 Å². The van der Waals surface area contributed by atoms with Crippen molar-refractivity contribution in [1.29, 1.82) is 0 Å². The third kappa shape index (κ3) is 81.2. The largest absolute Gasteiger partial charge is 0.472 e. The molecule has 0 spiro atoms. The monoisotopic (exact) mass is 1610 g/mol. The predicted octanol–water partition coefficient (Wildman–Crippen LogP) is 28.2. The highest BCUT2D eigenvalue weighted by Crippen LogP contribution is 2.45. The number of aliphatic hydroxyl groups is 1. The Labute approximate surface area is 677 Å². The lowest BCUT2D eigenvalue weighted by Crippen LogP contribution is -2.30. The van der Waals surface area contributed by atoms with Crippen LogP contribution in [0.1, 0.15) is 491 Å². The SMILES string of the molecule is CCCCCCCCCCCCCCCCCCCCCCCCC(=O)O[C@H](COC(=O)CCCCCCCCCCCCCCCCCCCCCC)COP(=O)(O)OC[C@@H](O)COP(=O)(O)OC[C@@H](COC(=O)CCCCCCCCC(C)CC)OC(=O)CCCCCCCCCCCCCCCCC(C)CC. The van der Waals surface area contributed by atoms with E-state index in [2.05, 4.69) is 41.5 Å². The highest BCUT2D eigenvalue weighted by atomic mass is 31.2. The molecule has 7 atom stereocenters. The van der Waals surface area contributed by atoms with Crippen molar-refractivity contribution in [1.82, 2.24) is 0 Å². The summed E-state index contributed by atoms with van der Waals surface area (Å²) in [5, 5.41) is 10.7. The summed E-state index contributed by atoms with van der Waals surface area (Å²) in [6.07, 6.45) is 76.6. The van der Waals surface area contributed by atoms with Crippen LogP contribution in [-0.4, -0.2) is 96.7 Å². The van der Waals surface area contributed by atoms with Gasteiger partial charge >= 0.3 is 39.5 Å². The van der Waals surface area contributed by atoms with E-state index in [1.54, 1.807) is 0 Å². The average Bonchev–Trinajstić information content (AvgIpc) is 0.885. The molecule has 0 saturated carbocycles. The van der Waals surface area contributed by atoms with Crippen molar-refractivity contribution in [3.05, 3.63) is 0 Å². The molecule has 0 bridgehead atoms. The highest BCUT2D eigenvalue weighted by molar-refractivity contribution is 7.47. The van der Waals surface area contributed by atoms with Gasteiger partial charge in [-0.25, -0.2) is 9.13 Å². The first kappa shape index (κ1) is 108. The molecule has 0 rings (SSSR count). The van der Waals surface area contributed by atoms with Crippen LogP contribution in [0.3, 0.4) is 0 Å². The Kier molecular flexibility index (Phi) is 80.7. The number of hydrogen-bond acceptors (Lipinski definition) is 15. The summed E-state index contributed by atoms with van der Waals surface area (Å²) in [6, 6.07) is 0. The van der Waals surface area contributed by atoms with Crippen LogP contribution >= 0.6 is 15.6 Å². The molecule has 4 unspecified atom stereocenters. The summed E-state index contributed by atoms with van der Waals surface area (Å²) < 4.78 is 69.0. The zero-order valence-electron chi connectivity index (χ0n) is 72.6. The van der Waals surface area contributed by atoms with E-state index in [1.165, 1.54) is 302 Å². The van der Waals surface area contributed by atoms with Crippen LogP contribution in [0.2, 0.25) is 0 Å². The molecule has 0 aliphatic rings. The third-order valence-electron chi connectivity index (χ3n) is 22.2. The quantitative estimate of drug-likeness (QED) is 0.0222. The summed E-state index contributed by atoms with van der Waals surface area (Å²) in [6.45, 7) is 9.71. The lowest BCUT2D eigenvalue weighted by atomic mass is 9.99. The summed E-state index contributed by atoms with van der Waals surface area (Å²) >= 11 is 0. The number of aliphatic hydroxyl groups excluding tert-OH is 1. The maximum absolute atomic E-state index is 13.2. The first-order valence-corrected chi connectivity index (χ1v) is 50.1. The van der Waals surface area contributed by atoms with Crippen molar-refractivity contribution in [3.63, 3.8) is 0 Å². The Balaban J connectivity index is 5.22. The van der Waals surface area contributed by atoms with Gasteiger partial charge in [0, 0.05) is 25.7 Å². The van der Waals surface area contributed by atoms with Gasteiger partial charge in [0.1, 0.15) is 19.3 Å². The predicted molar refractivity (Wildman–Crippen MR) is 455 cm³/mol. The van der Waals surface area contributed by atoms with E-state index in [0.29, 0.717) is 25.7 Å². The number of carbonyl (C=O) groups excluding carboxylic acids is 4. The number of esters is 4. The zero-order valence-corrected chi connectivity index (χ0v) is 74.4. The fourth-order valence-electron chi connectivity index (χ4n) is 14.2. The summed E-state index contributed by atoms with van der Waals surface area (Å²) in [4.78, 5) is 73.4. The number of phosphoric acid groups is 2. The smallest absolute Gasteiger partial charge is 0.462 e. The first-order chi connectivity index (χ1) is 53.4. The molecule has 0 aliphatic heterocycles. The normalized spacial score (nSPS) is 14.2. The van der Waals surface area contributed by atoms with Gasteiger partial charge in [-0.15, -0.1) is 0 Å². The number of carbonyl (C=O) groups is 4. The molecule has 0 amide bonds. The van der Waals surface area contributed by atoms with Gasteiger partial charge in [0.05, 0.1) is 26.4 Å². The fourth-order valence-corrected chi connectivity index (χ4v) is 15.8. The van der Waals surface area contributed by atoms with Crippen LogP contribution in [0.15, 0.2) is 0 Å². The van der Waals surface area contributed by atoms with Crippen LogP contribution < -0.4 is 0 Å². The Morgan fingerprint density at radius 1 is 0.255 bits per heavy atom. The second-order valence-corrected chi connectivity index (χ2v) is 36.1. The van der Waals surface area contributed by atoms with Gasteiger partial charge in [0.15, 0.2) is 12.2 Å². The van der Waals surface area contributed by atoms with E-state index in [9.17, 15) is 43.2 Å². The molecule has 110 heavy (non-hydrogen) atoms. The van der Waals surface area contributed by atoms with Crippen LogP contribution in [0.4, 0.5) is 0 Å². The molecule has 0 fully saturated rings. The Morgan fingerprint density at radius 3 is 0.645 bits per heavy atom. The molecule has 0 aromatic heterocycles. The van der Waals surface area contributed by atoms with Crippen molar-refractivity contribution in [3.8, 4) is 0 Å². The van der Waals surface area contributed by atoms with Crippen LogP contribution in [-0.2, 0) is 65.4 Å². The van der Waals surface area contributed by atoms with Crippen molar-refractivity contribution < 1.29 is 80.2 Å². The molecule has 0 aromatic rings. The minimum Gasteiger partial charge on any atom is -0.462 e. The molecule has 0 aliphatic carbocycles. The van der Waals surface area contributed by atoms with Crippen molar-refractivity contribution in [2.24, 2.45) is 11.8 Å². The highest BCUT2D eigenvalue weighted by Gasteiger charge is 2.31. The number of ether oxygens (including phenoxy) is 4. The molecular weight excluding hydrogens is 1430 g/mol. The lowest BCUT2D eigenvalue weighted by Gasteiger charge is -2.21. The standard InChI is InChI=1S/C91H178O17P2/c1-7-11-13-15-17-19-21-23-25-27-29-31-32-34-36-38-43-47-51-55-63-69-75-90(95)107-86(79-101-88(93)73-67-61-54-50-46-42-37-35-33-30-28-26-24-22-20-18-16-14-12-8-2)81-105-109(97,98)103-77-85(92)78-104-110(99,100)106-82-87(80-102-89(94)74-68-62-58-57-60-66-72-84(6)10-4)108-91(96)76-70-64-56-52-48-44-40-39-41-45-49-53-59-65-71-83(5)9-3/h83-87,92H,7-82H2,1-6H3,(H,97,98)(H,99,100)/t83?,84?,85-,86-,87-/m1/s1. The maximum atomic E-state index is 13.2. The zero-order chi connectivity index (χ0) is 80.6. The van der Waals surface area contributed by atoms with Gasteiger partial charge in [-0.3, -0.25) is 37.3 Å². The molecule has 19 heteroatoms. The summed E-state index contributed by atoms with van der Waals surface area (Å²) in [5.41, 5.74) is 0. The first-order valence-electron chi connectivity index (χ1n) is 47.1. The minimum atomic E-state index is -4.97. The molecule has 654 valence electrons. The minimum absolute atomic E-state index is 0.107. The van der Waals surface area contributed by atoms with E-state index in [4.69, 9.17) is 37.0 Å². The molecule has 0 aromatic carbocycles. The van der Waals surface area contributed by atoms with Crippen LogP contribution in [0.25, 0.3) is 0 Å². The molecule has 3 N–H and O–H groups in total. The maximum Gasteiger partial charge on any atom is 0.472 e. The molecular formula is C91H178O17P2. The lowest BCUT2D eigenvalue weighted by molar-refractivity contribution is -0.161. The van der Waals surface area contributed by atoms with Gasteiger partial charge in [-0.1, -0.05) is 440 Å². The van der Waals surface area contributed by atoms with Crippen LogP contribution in [0, 0.1) is 11.8 Å². The Bertz CT molecular complexity index is 2100. The van der Waals surface area contributed by atoms with Gasteiger partial charge in [0.2, 0.25) is 0 Å². The van der Waals surface area contributed by atoms with Gasteiger partial charge in [-0.05, 0) is 37.5 Å². The summed E-state index contributed by atoms with van der Waals surface area (Å²) in [7, 11) is -9.94. The molecule has 0 saturated heterocycles.